The molecule has 0 aliphatic rings. The molecule has 0 aliphatic heterocycles. The smallest absolute Gasteiger partial charge is 0.138 e. The van der Waals surface area contributed by atoms with Gasteiger partial charge in [0, 0.05) is 19.4 Å². The van der Waals surface area contributed by atoms with E-state index in [0.29, 0.717) is 6.42 Å². The number of aldehydes is 1. The van der Waals surface area contributed by atoms with Crippen molar-refractivity contribution in [3.8, 4) is 0 Å². The van der Waals surface area contributed by atoms with Crippen molar-refractivity contribution < 1.29 is 4.79 Å². The first-order valence-corrected chi connectivity index (χ1v) is 5.68. The lowest BCUT2D eigenvalue weighted by molar-refractivity contribution is -0.107. The number of hydrogen-bond acceptors (Lipinski definition) is 3. The van der Waals surface area contributed by atoms with Gasteiger partial charge in [-0.05, 0) is 19.3 Å². The van der Waals surface area contributed by atoms with Gasteiger partial charge in [-0.25, -0.2) is 4.98 Å². The van der Waals surface area contributed by atoms with Gasteiger partial charge in [-0.3, -0.25) is 4.68 Å². The largest absolute Gasteiger partial charge is 0.303 e. The van der Waals surface area contributed by atoms with E-state index in [4.69, 9.17) is 0 Å². The Hall–Kier alpha value is -1.19. The highest BCUT2D eigenvalue weighted by molar-refractivity contribution is 5.48. The van der Waals surface area contributed by atoms with E-state index in [1.807, 2.05) is 4.68 Å². The van der Waals surface area contributed by atoms with Crippen LogP contribution in [0.3, 0.4) is 0 Å². The van der Waals surface area contributed by atoms with Gasteiger partial charge < -0.3 is 4.79 Å². The summed E-state index contributed by atoms with van der Waals surface area (Å²) in [7, 11) is 0. The van der Waals surface area contributed by atoms with E-state index in [0.717, 1.165) is 44.3 Å². The van der Waals surface area contributed by atoms with Gasteiger partial charge in [0.1, 0.15) is 18.4 Å². The molecule has 4 heteroatoms. The lowest BCUT2D eigenvalue weighted by atomic mass is 10.2. The fourth-order valence-electron chi connectivity index (χ4n) is 1.49. The minimum Gasteiger partial charge on any atom is -0.303 e. The number of carbonyl (C=O) groups excluding carboxylic acids is 1. The summed E-state index contributed by atoms with van der Waals surface area (Å²) in [5, 5.41) is 4.18. The molecular formula is C11H19N3O. The molecule has 1 aromatic heterocycles. The van der Waals surface area contributed by atoms with Crippen LogP contribution in [-0.2, 0) is 17.8 Å². The van der Waals surface area contributed by atoms with Crippen molar-refractivity contribution in [2.45, 2.75) is 52.0 Å². The molecule has 84 valence electrons. The maximum atomic E-state index is 10.1. The van der Waals surface area contributed by atoms with Gasteiger partial charge in [-0.15, -0.1) is 0 Å². The highest BCUT2D eigenvalue weighted by Crippen LogP contribution is 2.03. The molecule has 1 heterocycles. The van der Waals surface area contributed by atoms with Gasteiger partial charge in [0.25, 0.3) is 0 Å². The first-order chi connectivity index (χ1) is 7.38. The Kier molecular flexibility index (Phi) is 5.66. The first-order valence-electron chi connectivity index (χ1n) is 5.68. The zero-order valence-corrected chi connectivity index (χ0v) is 9.35. The molecule has 1 rings (SSSR count). The van der Waals surface area contributed by atoms with E-state index in [-0.39, 0.29) is 0 Å². The topological polar surface area (TPSA) is 47.8 Å². The van der Waals surface area contributed by atoms with Gasteiger partial charge in [-0.2, -0.15) is 5.10 Å². The lowest BCUT2D eigenvalue weighted by Crippen LogP contribution is -2.06. The summed E-state index contributed by atoms with van der Waals surface area (Å²) in [5.41, 5.74) is 0. The number of aromatic nitrogens is 3. The SMILES string of the molecule is CCCCc1ncnn1CCCCC=O. The third kappa shape index (κ3) is 4.23. The van der Waals surface area contributed by atoms with E-state index in [1.54, 1.807) is 6.33 Å². The molecule has 0 aromatic carbocycles. The summed E-state index contributed by atoms with van der Waals surface area (Å²) in [6.45, 7) is 3.05. The molecule has 0 atom stereocenters. The molecule has 0 aliphatic carbocycles. The third-order valence-corrected chi connectivity index (χ3v) is 2.39. The second kappa shape index (κ2) is 7.15. The molecule has 0 amide bonds. The third-order valence-electron chi connectivity index (χ3n) is 2.39. The van der Waals surface area contributed by atoms with Crippen molar-refractivity contribution in [3.05, 3.63) is 12.2 Å². The molecule has 4 nitrogen and oxygen atoms in total. The summed E-state index contributed by atoms with van der Waals surface area (Å²) in [4.78, 5) is 14.4. The lowest BCUT2D eigenvalue weighted by Gasteiger charge is -2.04. The van der Waals surface area contributed by atoms with Crippen LogP contribution in [0.2, 0.25) is 0 Å². The summed E-state index contributed by atoms with van der Waals surface area (Å²) >= 11 is 0. The highest BCUT2D eigenvalue weighted by atomic mass is 16.1. The van der Waals surface area contributed by atoms with Crippen LogP contribution in [0, 0.1) is 0 Å². The number of aryl methyl sites for hydroxylation is 2. The number of unbranched alkanes of at least 4 members (excludes halogenated alkanes) is 3. The minimum atomic E-state index is 0.652. The molecule has 0 saturated carbocycles. The van der Waals surface area contributed by atoms with Gasteiger partial charge in [0.2, 0.25) is 0 Å². The average Bonchev–Trinajstić information content (AvgIpc) is 2.69. The summed E-state index contributed by atoms with van der Waals surface area (Å²) in [5.74, 6) is 1.07. The molecule has 0 unspecified atom stereocenters. The Morgan fingerprint density at radius 2 is 2.27 bits per heavy atom. The van der Waals surface area contributed by atoms with Crippen LogP contribution in [0.15, 0.2) is 6.33 Å². The molecule has 1 aromatic rings. The number of hydrogen-bond donors (Lipinski definition) is 0. The predicted molar refractivity (Wildman–Crippen MR) is 58.5 cm³/mol. The van der Waals surface area contributed by atoms with Gasteiger partial charge in [-0.1, -0.05) is 13.3 Å². The first kappa shape index (κ1) is 11.9. The number of carbonyl (C=O) groups is 1. The fourth-order valence-corrected chi connectivity index (χ4v) is 1.49. The van der Waals surface area contributed by atoms with E-state index in [9.17, 15) is 4.79 Å². The molecule has 0 N–H and O–H groups in total. The van der Waals surface area contributed by atoms with E-state index >= 15 is 0 Å². The molecule has 0 fully saturated rings. The predicted octanol–water partition coefficient (Wildman–Crippen LogP) is 1.99. The van der Waals surface area contributed by atoms with Crippen molar-refractivity contribution in [1.82, 2.24) is 14.8 Å². The standard InChI is InChI=1S/C11H19N3O/c1-2-3-7-11-12-10-13-14(11)8-5-4-6-9-15/h9-10H,2-8H2,1H3. The van der Waals surface area contributed by atoms with Crippen LogP contribution in [0.1, 0.15) is 44.9 Å². The number of nitrogens with zero attached hydrogens (tertiary/aromatic N) is 3. The minimum absolute atomic E-state index is 0.652. The Labute approximate surface area is 90.7 Å². The van der Waals surface area contributed by atoms with Gasteiger partial charge in [0.05, 0.1) is 0 Å². The molecule has 0 radical (unpaired) electrons. The molecule has 0 spiro atoms. The zero-order chi connectivity index (χ0) is 10.9. The Bertz CT molecular complexity index is 283. The summed E-state index contributed by atoms with van der Waals surface area (Å²) < 4.78 is 1.96. The Balaban J connectivity index is 2.32. The fraction of sp³-hybridized carbons (Fsp3) is 0.727. The number of rotatable bonds is 8. The van der Waals surface area contributed by atoms with E-state index < -0.39 is 0 Å². The van der Waals surface area contributed by atoms with Crippen molar-refractivity contribution in [1.29, 1.82) is 0 Å². The normalized spacial score (nSPS) is 10.5. The molecule has 15 heavy (non-hydrogen) atoms. The van der Waals surface area contributed by atoms with Crippen LogP contribution in [0.4, 0.5) is 0 Å². The monoisotopic (exact) mass is 209 g/mol. The van der Waals surface area contributed by atoms with Crippen LogP contribution < -0.4 is 0 Å². The van der Waals surface area contributed by atoms with E-state index in [2.05, 4.69) is 17.0 Å². The van der Waals surface area contributed by atoms with Crippen LogP contribution in [0.25, 0.3) is 0 Å². The Morgan fingerprint density at radius 3 is 3.00 bits per heavy atom. The maximum Gasteiger partial charge on any atom is 0.138 e. The van der Waals surface area contributed by atoms with E-state index in [1.165, 1.54) is 6.42 Å². The second-order valence-corrected chi connectivity index (χ2v) is 3.67. The van der Waals surface area contributed by atoms with Crippen molar-refractivity contribution in [2.24, 2.45) is 0 Å². The van der Waals surface area contributed by atoms with Crippen molar-refractivity contribution in [3.63, 3.8) is 0 Å². The summed E-state index contributed by atoms with van der Waals surface area (Å²) in [6.07, 6.45) is 8.52. The molecule has 0 saturated heterocycles. The zero-order valence-electron chi connectivity index (χ0n) is 9.35. The maximum absolute atomic E-state index is 10.1. The van der Waals surface area contributed by atoms with Crippen LogP contribution in [-0.4, -0.2) is 21.1 Å². The van der Waals surface area contributed by atoms with Gasteiger partial charge >= 0.3 is 0 Å². The highest BCUT2D eigenvalue weighted by Gasteiger charge is 2.02. The van der Waals surface area contributed by atoms with Crippen molar-refractivity contribution in [2.75, 3.05) is 0 Å². The van der Waals surface area contributed by atoms with Crippen LogP contribution >= 0.6 is 0 Å². The summed E-state index contributed by atoms with van der Waals surface area (Å²) in [6, 6.07) is 0. The van der Waals surface area contributed by atoms with Crippen LogP contribution in [0.5, 0.6) is 0 Å². The quantitative estimate of drug-likeness (QED) is 0.486. The van der Waals surface area contributed by atoms with Gasteiger partial charge in [0.15, 0.2) is 0 Å². The van der Waals surface area contributed by atoms with Crippen molar-refractivity contribution >= 4 is 6.29 Å². The Morgan fingerprint density at radius 1 is 1.40 bits per heavy atom. The second-order valence-electron chi connectivity index (χ2n) is 3.67. The average molecular weight is 209 g/mol. The molecule has 0 bridgehead atoms. The molecular weight excluding hydrogens is 190 g/mol.